The molecule has 0 bridgehead atoms. The molecule has 0 spiro atoms. The van der Waals surface area contributed by atoms with E-state index in [1.807, 2.05) is 0 Å². The van der Waals surface area contributed by atoms with Crippen LogP contribution in [-0.4, -0.2) is 36.0 Å². The van der Waals surface area contributed by atoms with E-state index in [9.17, 15) is 9.59 Å². The highest BCUT2D eigenvalue weighted by atomic mass is 16.2. The second-order valence-electron chi connectivity index (χ2n) is 22.9. The molecule has 0 aliphatic heterocycles. The SMILES string of the molecule is CC(CCC(C(=O)NCC(C)(C)NCC(C)(C)NC(=O)C(CCC(C)CC(C)(C)C)C(C)CC(C)(C)C)C(C)CC(C)(C)C)CC(C)(C)C. The molecule has 0 aromatic carbocycles. The lowest BCUT2D eigenvalue weighted by Crippen LogP contribution is -2.58. The molecule has 0 saturated carbocycles. The first-order valence-corrected chi connectivity index (χ1v) is 20.1. The third-order valence-corrected chi connectivity index (χ3v) is 9.95. The van der Waals surface area contributed by atoms with E-state index in [4.69, 9.17) is 0 Å². The van der Waals surface area contributed by atoms with Gasteiger partial charge in [-0.25, -0.2) is 0 Å². The standard InChI is InChI=1S/C44H89N3O2/c1-31(25-39(5,6)7)21-23-35(33(3)27-41(11,12)13)37(48)45-29-43(17,18)46-30-44(19,20)47-38(49)36(34(4)28-42(14,15)16)24-22-32(2)26-40(8,9)10/h31-36,46H,21-30H2,1-20H3,(H,45,48)(H,47,49). The first-order chi connectivity index (χ1) is 21.7. The lowest BCUT2D eigenvalue weighted by molar-refractivity contribution is -0.129. The van der Waals surface area contributed by atoms with Crippen LogP contribution in [0.5, 0.6) is 0 Å². The van der Waals surface area contributed by atoms with Crippen LogP contribution in [0, 0.1) is 57.2 Å². The number of amides is 2. The van der Waals surface area contributed by atoms with Crippen LogP contribution in [0.4, 0.5) is 0 Å². The lowest BCUT2D eigenvalue weighted by Gasteiger charge is -2.37. The third-order valence-electron chi connectivity index (χ3n) is 9.95. The Labute approximate surface area is 307 Å². The van der Waals surface area contributed by atoms with Gasteiger partial charge in [0.15, 0.2) is 0 Å². The molecule has 0 aliphatic carbocycles. The molecule has 49 heavy (non-hydrogen) atoms. The molecular weight excluding hydrogens is 603 g/mol. The number of hydrogen-bond acceptors (Lipinski definition) is 3. The van der Waals surface area contributed by atoms with Crippen LogP contribution in [0.25, 0.3) is 0 Å². The molecule has 0 aliphatic rings. The maximum absolute atomic E-state index is 14.0. The second kappa shape index (κ2) is 19.1. The minimum absolute atomic E-state index is 0.00584. The zero-order chi connectivity index (χ0) is 38.8. The molecule has 0 radical (unpaired) electrons. The molecule has 5 nitrogen and oxygen atoms in total. The van der Waals surface area contributed by atoms with Gasteiger partial charge in [0.05, 0.1) is 0 Å². The molecule has 3 N–H and O–H groups in total. The molecule has 0 aromatic rings. The van der Waals surface area contributed by atoms with Crippen molar-refractivity contribution in [1.29, 1.82) is 0 Å². The topological polar surface area (TPSA) is 70.2 Å². The second-order valence-corrected chi connectivity index (χ2v) is 22.9. The van der Waals surface area contributed by atoms with Crippen molar-refractivity contribution in [1.82, 2.24) is 16.0 Å². The van der Waals surface area contributed by atoms with Gasteiger partial charge >= 0.3 is 0 Å². The molecule has 6 atom stereocenters. The summed E-state index contributed by atoms with van der Waals surface area (Å²) in [4.78, 5) is 27.7. The average molecular weight is 692 g/mol. The van der Waals surface area contributed by atoms with Crippen LogP contribution in [0.2, 0.25) is 0 Å². The van der Waals surface area contributed by atoms with Gasteiger partial charge in [0.1, 0.15) is 0 Å². The maximum atomic E-state index is 14.0. The van der Waals surface area contributed by atoms with Crippen LogP contribution in [0.3, 0.4) is 0 Å². The number of rotatable bonds is 20. The van der Waals surface area contributed by atoms with E-state index in [1.165, 1.54) is 12.8 Å². The Bertz CT molecular complexity index is 970. The summed E-state index contributed by atoms with van der Waals surface area (Å²) in [7, 11) is 0. The van der Waals surface area contributed by atoms with E-state index in [1.54, 1.807) is 0 Å². The summed E-state index contributed by atoms with van der Waals surface area (Å²) in [5, 5.41) is 10.5. The van der Waals surface area contributed by atoms with Crippen LogP contribution in [0.1, 0.15) is 190 Å². The average Bonchev–Trinajstić information content (AvgIpc) is 2.82. The van der Waals surface area contributed by atoms with E-state index in [0.717, 1.165) is 38.5 Å². The van der Waals surface area contributed by atoms with Gasteiger partial charge in [0.2, 0.25) is 11.8 Å². The molecule has 2 amide bonds. The molecule has 0 saturated heterocycles. The van der Waals surface area contributed by atoms with Gasteiger partial charge in [-0.2, -0.15) is 0 Å². The number of nitrogens with one attached hydrogen (secondary N) is 3. The summed E-state index contributed by atoms with van der Waals surface area (Å²) in [5.41, 5.74) is 0.199. The zero-order valence-electron chi connectivity index (χ0n) is 36.9. The van der Waals surface area contributed by atoms with Crippen molar-refractivity contribution < 1.29 is 9.59 Å². The van der Waals surface area contributed by atoms with E-state index in [-0.39, 0.29) is 40.0 Å². The molecule has 0 fully saturated rings. The highest BCUT2D eigenvalue weighted by molar-refractivity contribution is 5.80. The van der Waals surface area contributed by atoms with E-state index < -0.39 is 5.54 Å². The summed E-state index contributed by atoms with van der Waals surface area (Å²) in [6.45, 7) is 46.4. The molecular formula is C44H89N3O2. The van der Waals surface area contributed by atoms with Crippen LogP contribution in [-0.2, 0) is 9.59 Å². The predicted molar refractivity (Wildman–Crippen MR) is 216 cm³/mol. The quantitative estimate of drug-likeness (QED) is 0.119. The minimum atomic E-state index is -0.429. The summed E-state index contributed by atoms with van der Waals surface area (Å²) < 4.78 is 0. The van der Waals surface area contributed by atoms with Crippen LogP contribution < -0.4 is 16.0 Å². The lowest BCUT2D eigenvalue weighted by atomic mass is 9.75. The zero-order valence-corrected chi connectivity index (χ0v) is 36.9. The number of hydrogen-bond donors (Lipinski definition) is 3. The first-order valence-electron chi connectivity index (χ1n) is 20.1. The Morgan fingerprint density at radius 2 is 0.796 bits per heavy atom. The van der Waals surface area contributed by atoms with Crippen molar-refractivity contribution in [3.63, 3.8) is 0 Å². The van der Waals surface area contributed by atoms with E-state index in [2.05, 4.69) is 154 Å². The summed E-state index contributed by atoms with van der Waals surface area (Å²) >= 11 is 0. The fourth-order valence-corrected chi connectivity index (χ4v) is 8.22. The molecule has 6 unspecified atom stereocenters. The normalized spacial score (nSPS) is 17.6. The third kappa shape index (κ3) is 23.9. The molecule has 0 rings (SSSR count). The molecule has 292 valence electrons. The smallest absolute Gasteiger partial charge is 0.223 e. The molecule has 0 aromatic heterocycles. The van der Waals surface area contributed by atoms with Gasteiger partial charge in [-0.1, -0.05) is 111 Å². The Balaban J connectivity index is 5.53. The van der Waals surface area contributed by atoms with Gasteiger partial charge < -0.3 is 16.0 Å². The van der Waals surface area contributed by atoms with E-state index >= 15 is 0 Å². The van der Waals surface area contributed by atoms with Gasteiger partial charge in [-0.15, -0.1) is 0 Å². The van der Waals surface area contributed by atoms with Gasteiger partial charge in [0.25, 0.3) is 0 Å². The molecule has 5 heteroatoms. The Morgan fingerprint density at radius 3 is 1.14 bits per heavy atom. The van der Waals surface area contributed by atoms with Crippen molar-refractivity contribution in [3.8, 4) is 0 Å². The highest BCUT2D eigenvalue weighted by Crippen LogP contribution is 2.35. The summed E-state index contributed by atoms with van der Waals surface area (Å²) in [5.74, 6) is 2.16. The summed E-state index contributed by atoms with van der Waals surface area (Å²) in [6.07, 6.45) is 8.38. The van der Waals surface area contributed by atoms with Crippen molar-refractivity contribution >= 4 is 11.8 Å². The fraction of sp³-hybridized carbons (Fsp3) is 0.955. The van der Waals surface area contributed by atoms with Crippen molar-refractivity contribution in [2.75, 3.05) is 13.1 Å². The Morgan fingerprint density at radius 1 is 0.449 bits per heavy atom. The Hall–Kier alpha value is -1.10. The number of carbonyl (C=O) groups excluding carboxylic acids is 2. The molecule has 0 heterocycles. The van der Waals surface area contributed by atoms with Crippen LogP contribution in [0.15, 0.2) is 0 Å². The van der Waals surface area contributed by atoms with Crippen LogP contribution >= 0.6 is 0 Å². The fourth-order valence-electron chi connectivity index (χ4n) is 8.22. The Kier molecular flexibility index (Phi) is 18.7. The monoisotopic (exact) mass is 692 g/mol. The first kappa shape index (κ1) is 47.9. The van der Waals surface area contributed by atoms with Gasteiger partial charge in [-0.05, 0) is 124 Å². The highest BCUT2D eigenvalue weighted by Gasteiger charge is 2.34. The number of carbonyl (C=O) groups is 2. The maximum Gasteiger partial charge on any atom is 0.223 e. The predicted octanol–water partition coefficient (Wildman–Crippen LogP) is 11.4. The minimum Gasteiger partial charge on any atom is -0.354 e. The van der Waals surface area contributed by atoms with Crippen molar-refractivity contribution in [2.24, 2.45) is 57.2 Å². The van der Waals surface area contributed by atoms with Crippen molar-refractivity contribution in [3.05, 3.63) is 0 Å². The van der Waals surface area contributed by atoms with Gasteiger partial charge in [0, 0.05) is 36.0 Å². The summed E-state index contributed by atoms with van der Waals surface area (Å²) in [6, 6.07) is 0. The van der Waals surface area contributed by atoms with E-state index in [0.29, 0.717) is 47.6 Å². The largest absolute Gasteiger partial charge is 0.354 e. The van der Waals surface area contributed by atoms with Crippen molar-refractivity contribution in [2.45, 2.75) is 201 Å². The van der Waals surface area contributed by atoms with Gasteiger partial charge in [-0.3, -0.25) is 9.59 Å².